The van der Waals surface area contributed by atoms with Crippen molar-refractivity contribution in [3.63, 3.8) is 0 Å². The van der Waals surface area contributed by atoms with Crippen molar-refractivity contribution in [2.45, 2.75) is 59.4 Å². The molecule has 0 unspecified atom stereocenters. The summed E-state index contributed by atoms with van der Waals surface area (Å²) in [5, 5.41) is 7.17. The fourth-order valence-electron chi connectivity index (χ4n) is 3.62. The number of ether oxygens (including phenoxy) is 1. The second kappa shape index (κ2) is 10.5. The molecule has 0 aliphatic rings. The average molecular weight is 518 g/mol. The van der Waals surface area contributed by atoms with Crippen LogP contribution in [-0.2, 0) is 22.6 Å². The Bertz CT molecular complexity index is 1320. The second-order valence-corrected chi connectivity index (χ2v) is 9.91. The van der Waals surface area contributed by atoms with E-state index in [2.05, 4.69) is 10.4 Å². The van der Waals surface area contributed by atoms with E-state index in [4.69, 9.17) is 22.1 Å². The molecule has 0 atom stereocenters. The number of benzene rings is 2. The molecule has 2 aromatic carbocycles. The maximum atomic E-state index is 14.1. The lowest BCUT2D eigenvalue weighted by molar-refractivity contribution is -0.121. The highest BCUT2D eigenvalue weighted by Gasteiger charge is 2.27. The molecule has 0 aliphatic heterocycles. The molecule has 3 rings (SSSR count). The Morgan fingerprint density at radius 2 is 1.92 bits per heavy atom. The third-order valence-corrected chi connectivity index (χ3v) is 5.45. The number of rotatable bonds is 7. The predicted octanol–water partition coefficient (Wildman–Crippen LogP) is 4.39. The molecule has 3 aromatic rings. The number of fused-ring (bicyclic) bond motifs is 1. The van der Waals surface area contributed by atoms with Gasteiger partial charge in [0.1, 0.15) is 18.0 Å². The number of aromatic nitrogens is 2. The van der Waals surface area contributed by atoms with Crippen molar-refractivity contribution in [3.8, 4) is 0 Å². The van der Waals surface area contributed by atoms with Crippen LogP contribution in [-0.4, -0.2) is 39.3 Å². The Kier molecular flexibility index (Phi) is 7.88. The van der Waals surface area contributed by atoms with Gasteiger partial charge in [-0.05, 0) is 58.9 Å². The van der Waals surface area contributed by atoms with Crippen molar-refractivity contribution >= 4 is 46.1 Å². The summed E-state index contributed by atoms with van der Waals surface area (Å²) in [5.41, 5.74) is 5.98. The van der Waals surface area contributed by atoms with Crippen LogP contribution in [0.1, 0.15) is 50.7 Å². The summed E-state index contributed by atoms with van der Waals surface area (Å²) in [5.74, 6) is -1.85. The van der Waals surface area contributed by atoms with Gasteiger partial charge in [-0.25, -0.2) is 9.18 Å². The van der Waals surface area contributed by atoms with E-state index in [-0.39, 0.29) is 35.4 Å². The minimum absolute atomic E-state index is 0.0384. The predicted molar refractivity (Wildman–Crippen MR) is 135 cm³/mol. The number of hydrogen-bond acceptors (Lipinski definition) is 5. The number of anilines is 1. The molecule has 0 bridgehead atoms. The highest BCUT2D eigenvalue weighted by Crippen LogP contribution is 2.28. The van der Waals surface area contributed by atoms with E-state index in [1.165, 1.54) is 21.7 Å². The summed E-state index contributed by atoms with van der Waals surface area (Å²) in [7, 11) is 0. The van der Waals surface area contributed by atoms with E-state index < -0.39 is 29.3 Å². The normalized spacial score (nSPS) is 11.6. The van der Waals surface area contributed by atoms with Crippen molar-refractivity contribution in [1.29, 1.82) is 0 Å². The van der Waals surface area contributed by atoms with Crippen LogP contribution in [0.2, 0.25) is 5.02 Å². The van der Waals surface area contributed by atoms with Crippen LogP contribution in [0.15, 0.2) is 36.4 Å². The van der Waals surface area contributed by atoms with Gasteiger partial charge in [0.05, 0.1) is 10.5 Å². The number of nitrogens with one attached hydrogen (secondary N) is 1. The van der Waals surface area contributed by atoms with Gasteiger partial charge in [0.25, 0.3) is 5.91 Å². The molecular weight excluding hydrogens is 489 g/mol. The summed E-state index contributed by atoms with van der Waals surface area (Å²) in [6, 6.07) is 9.21. The van der Waals surface area contributed by atoms with Crippen LogP contribution in [0.5, 0.6) is 0 Å². The van der Waals surface area contributed by atoms with Crippen molar-refractivity contribution in [2.75, 3.05) is 4.90 Å². The Labute approximate surface area is 213 Å². The third-order valence-electron chi connectivity index (χ3n) is 5.15. The van der Waals surface area contributed by atoms with Crippen molar-refractivity contribution < 1.29 is 23.5 Å². The van der Waals surface area contributed by atoms with E-state index in [0.717, 1.165) is 0 Å². The Morgan fingerprint density at radius 1 is 1.22 bits per heavy atom. The topological polar surface area (TPSA) is 120 Å². The van der Waals surface area contributed by atoms with Gasteiger partial charge in [0.15, 0.2) is 5.69 Å². The molecule has 0 spiro atoms. The van der Waals surface area contributed by atoms with E-state index in [1.54, 1.807) is 45.0 Å². The number of primary amides is 1. The Hall–Kier alpha value is -3.66. The standard InChI is InChI=1S/C25H29ClFN5O4/c1-14(2)32(24(35)36-25(3,4)5)16-9-10-19-17(11-16)22(23(28)34)30-31(19)13-20(33)29-12-15-7-6-8-18(26)21(15)27/h6-11,14H,12-13H2,1-5H3,(H2,28,34)(H,29,33). The first kappa shape index (κ1) is 26.9. The summed E-state index contributed by atoms with van der Waals surface area (Å²) < 4.78 is 21.0. The van der Waals surface area contributed by atoms with Crippen molar-refractivity contribution in [2.24, 2.45) is 5.73 Å². The lowest BCUT2D eigenvalue weighted by Crippen LogP contribution is -2.41. The fourth-order valence-corrected chi connectivity index (χ4v) is 3.81. The summed E-state index contributed by atoms with van der Waals surface area (Å²) in [4.78, 5) is 39.0. The maximum absolute atomic E-state index is 14.1. The van der Waals surface area contributed by atoms with Crippen LogP contribution < -0.4 is 16.0 Å². The van der Waals surface area contributed by atoms with Gasteiger partial charge in [-0.15, -0.1) is 0 Å². The van der Waals surface area contributed by atoms with Gasteiger partial charge in [0.2, 0.25) is 5.91 Å². The highest BCUT2D eigenvalue weighted by molar-refractivity contribution is 6.30. The summed E-state index contributed by atoms with van der Waals surface area (Å²) in [6.07, 6.45) is -0.544. The summed E-state index contributed by atoms with van der Waals surface area (Å²) >= 11 is 5.78. The molecule has 11 heteroatoms. The van der Waals surface area contributed by atoms with Crippen molar-refractivity contribution in [3.05, 3.63) is 58.5 Å². The first-order valence-corrected chi connectivity index (χ1v) is 11.7. The van der Waals surface area contributed by atoms with Gasteiger partial charge in [0, 0.05) is 29.2 Å². The SMILES string of the molecule is CC(C)N(C(=O)OC(C)(C)C)c1ccc2c(c1)c(C(N)=O)nn2CC(=O)NCc1cccc(Cl)c1F. The molecule has 1 aromatic heterocycles. The zero-order chi connectivity index (χ0) is 26.8. The molecule has 9 nitrogen and oxygen atoms in total. The molecule has 3 amide bonds. The van der Waals surface area contributed by atoms with Crippen molar-refractivity contribution in [1.82, 2.24) is 15.1 Å². The number of amides is 3. The molecule has 0 saturated heterocycles. The molecule has 192 valence electrons. The number of nitrogens with two attached hydrogens (primary N) is 1. The second-order valence-electron chi connectivity index (χ2n) is 9.51. The minimum atomic E-state index is -0.786. The van der Waals surface area contributed by atoms with Crippen LogP contribution in [0.25, 0.3) is 10.9 Å². The van der Waals surface area contributed by atoms with Gasteiger partial charge in [-0.3, -0.25) is 19.2 Å². The average Bonchev–Trinajstić information content (AvgIpc) is 3.11. The zero-order valence-electron chi connectivity index (χ0n) is 20.8. The van der Waals surface area contributed by atoms with Gasteiger partial charge in [-0.1, -0.05) is 23.7 Å². The first-order valence-electron chi connectivity index (χ1n) is 11.3. The largest absolute Gasteiger partial charge is 0.443 e. The molecule has 3 N–H and O–H groups in total. The van der Waals surface area contributed by atoms with Gasteiger partial charge >= 0.3 is 6.09 Å². The van der Waals surface area contributed by atoms with Crippen LogP contribution in [0, 0.1) is 5.82 Å². The number of hydrogen-bond donors (Lipinski definition) is 2. The monoisotopic (exact) mass is 517 g/mol. The quantitative estimate of drug-likeness (QED) is 0.481. The minimum Gasteiger partial charge on any atom is -0.443 e. The lowest BCUT2D eigenvalue weighted by Gasteiger charge is -2.30. The number of halogens is 2. The number of carbonyl (C=O) groups is 3. The molecule has 0 aliphatic carbocycles. The molecule has 0 saturated carbocycles. The summed E-state index contributed by atoms with van der Waals surface area (Å²) in [6.45, 7) is 8.66. The van der Waals surface area contributed by atoms with Crippen LogP contribution in [0.4, 0.5) is 14.9 Å². The molecule has 1 heterocycles. The van der Waals surface area contributed by atoms with Crippen LogP contribution in [0.3, 0.4) is 0 Å². The Morgan fingerprint density at radius 3 is 2.53 bits per heavy atom. The van der Waals surface area contributed by atoms with Crippen LogP contribution >= 0.6 is 11.6 Å². The third kappa shape index (κ3) is 6.12. The van der Waals surface area contributed by atoms with Gasteiger partial charge in [-0.2, -0.15) is 5.10 Å². The van der Waals surface area contributed by atoms with E-state index in [1.807, 2.05) is 13.8 Å². The van der Waals surface area contributed by atoms with Gasteiger partial charge < -0.3 is 15.8 Å². The number of nitrogens with zero attached hydrogens (tertiary/aromatic N) is 3. The lowest BCUT2D eigenvalue weighted by atomic mass is 10.1. The Balaban J connectivity index is 1.89. The van der Waals surface area contributed by atoms with E-state index in [0.29, 0.717) is 16.6 Å². The first-order chi connectivity index (χ1) is 16.8. The van der Waals surface area contributed by atoms with E-state index in [9.17, 15) is 18.8 Å². The maximum Gasteiger partial charge on any atom is 0.415 e. The highest BCUT2D eigenvalue weighted by atomic mass is 35.5. The molecular formula is C25H29ClFN5O4. The molecule has 36 heavy (non-hydrogen) atoms. The number of carbonyl (C=O) groups excluding carboxylic acids is 3. The van der Waals surface area contributed by atoms with E-state index >= 15 is 0 Å². The fraction of sp³-hybridized carbons (Fsp3) is 0.360. The molecule has 0 fully saturated rings. The molecule has 0 radical (unpaired) electrons. The smallest absolute Gasteiger partial charge is 0.415 e. The zero-order valence-corrected chi connectivity index (χ0v) is 21.5.